The van der Waals surface area contributed by atoms with Crippen LogP contribution >= 0.6 is 23.2 Å². The second-order valence-electron chi connectivity index (χ2n) is 4.49. The lowest BCUT2D eigenvalue weighted by atomic mass is 10.1. The maximum atomic E-state index is 11.2. The molecule has 0 aromatic rings. The summed E-state index contributed by atoms with van der Waals surface area (Å²) in [5, 5.41) is 0. The number of unbranched alkanes of at least 4 members (excludes halogenated alkanes) is 5. The van der Waals surface area contributed by atoms with Gasteiger partial charge in [0, 0.05) is 6.42 Å². The van der Waals surface area contributed by atoms with Crippen LogP contribution in [0.5, 0.6) is 0 Å². The molecular formula is C12H20Cl2O2. The van der Waals surface area contributed by atoms with Gasteiger partial charge in [0.25, 0.3) is 0 Å². The first-order valence-corrected chi connectivity index (χ1v) is 6.91. The lowest BCUT2D eigenvalue weighted by molar-refractivity contribution is -0.142. The third-order valence-corrected chi connectivity index (χ3v) is 3.55. The Morgan fingerprint density at radius 2 is 1.88 bits per heavy atom. The van der Waals surface area contributed by atoms with Gasteiger partial charge in [0.1, 0.15) is 6.10 Å². The van der Waals surface area contributed by atoms with Crippen LogP contribution in [0.15, 0.2) is 0 Å². The molecular weight excluding hydrogens is 247 g/mol. The highest BCUT2D eigenvalue weighted by Crippen LogP contribution is 2.37. The summed E-state index contributed by atoms with van der Waals surface area (Å²) in [7, 11) is 0. The molecule has 1 unspecified atom stereocenters. The lowest BCUT2D eigenvalue weighted by Crippen LogP contribution is -2.18. The molecule has 0 bridgehead atoms. The van der Waals surface area contributed by atoms with E-state index in [1.807, 2.05) is 0 Å². The van der Waals surface area contributed by atoms with E-state index in [4.69, 9.17) is 27.9 Å². The van der Waals surface area contributed by atoms with Gasteiger partial charge in [-0.15, -0.1) is 0 Å². The first-order valence-electron chi connectivity index (χ1n) is 6.15. The Balaban J connectivity index is 2.05. The zero-order valence-electron chi connectivity index (χ0n) is 9.81. The van der Waals surface area contributed by atoms with E-state index in [2.05, 4.69) is 6.92 Å². The highest BCUT2D eigenvalue weighted by Gasteiger charge is 2.45. The molecule has 1 aliphatic heterocycles. The summed E-state index contributed by atoms with van der Waals surface area (Å²) in [6.07, 6.45) is 8.68. The second-order valence-corrected chi connectivity index (χ2v) is 5.98. The highest BCUT2D eigenvalue weighted by molar-refractivity contribution is 6.57. The standard InChI is InChI=1S/C12H20Cl2O2/c1-2-3-4-5-6-7-8-10-9-12(13,14)11(15)16-10/h10H,2-9H2,1H3. The van der Waals surface area contributed by atoms with E-state index in [1.54, 1.807) is 0 Å². The summed E-state index contributed by atoms with van der Waals surface area (Å²) in [5.74, 6) is -0.480. The van der Waals surface area contributed by atoms with E-state index in [-0.39, 0.29) is 6.10 Å². The van der Waals surface area contributed by atoms with Gasteiger partial charge in [-0.1, -0.05) is 62.2 Å². The molecule has 4 heteroatoms. The number of cyclic esters (lactones) is 1. The maximum Gasteiger partial charge on any atom is 0.343 e. The van der Waals surface area contributed by atoms with Crippen LogP contribution in [-0.4, -0.2) is 16.4 Å². The van der Waals surface area contributed by atoms with Crippen molar-refractivity contribution in [1.82, 2.24) is 0 Å². The topological polar surface area (TPSA) is 26.3 Å². The van der Waals surface area contributed by atoms with E-state index in [0.717, 1.165) is 12.8 Å². The molecule has 1 atom stereocenters. The molecule has 0 radical (unpaired) electrons. The second kappa shape index (κ2) is 6.70. The van der Waals surface area contributed by atoms with Crippen molar-refractivity contribution in [3.8, 4) is 0 Å². The van der Waals surface area contributed by atoms with Crippen LogP contribution in [0.25, 0.3) is 0 Å². The monoisotopic (exact) mass is 266 g/mol. The third-order valence-electron chi connectivity index (χ3n) is 2.94. The van der Waals surface area contributed by atoms with E-state index in [0.29, 0.717) is 6.42 Å². The number of ether oxygens (including phenoxy) is 1. The van der Waals surface area contributed by atoms with Gasteiger partial charge >= 0.3 is 5.97 Å². The summed E-state index contributed by atoms with van der Waals surface area (Å²) < 4.78 is 3.80. The Morgan fingerprint density at radius 3 is 2.44 bits per heavy atom. The maximum absolute atomic E-state index is 11.2. The largest absolute Gasteiger partial charge is 0.460 e. The average Bonchev–Trinajstić information content (AvgIpc) is 2.47. The van der Waals surface area contributed by atoms with Crippen LogP contribution in [0, 0.1) is 0 Å². The Hall–Kier alpha value is 0.0500. The van der Waals surface area contributed by atoms with Crippen molar-refractivity contribution in [3.05, 3.63) is 0 Å². The minimum atomic E-state index is -1.30. The third kappa shape index (κ3) is 4.50. The van der Waals surface area contributed by atoms with Crippen molar-refractivity contribution in [2.24, 2.45) is 0 Å². The number of hydrogen-bond donors (Lipinski definition) is 0. The predicted molar refractivity (Wildman–Crippen MR) is 66.9 cm³/mol. The quantitative estimate of drug-likeness (QED) is 0.392. The van der Waals surface area contributed by atoms with Gasteiger partial charge < -0.3 is 4.74 Å². The highest BCUT2D eigenvalue weighted by atomic mass is 35.5. The van der Waals surface area contributed by atoms with Crippen LogP contribution in [-0.2, 0) is 9.53 Å². The smallest absolute Gasteiger partial charge is 0.343 e. The summed E-state index contributed by atoms with van der Waals surface area (Å²) in [6.45, 7) is 2.21. The van der Waals surface area contributed by atoms with Gasteiger partial charge in [-0.05, 0) is 12.8 Å². The van der Waals surface area contributed by atoms with E-state index in [9.17, 15) is 4.79 Å². The first kappa shape index (κ1) is 14.1. The van der Waals surface area contributed by atoms with Crippen molar-refractivity contribution in [1.29, 1.82) is 0 Å². The summed E-state index contributed by atoms with van der Waals surface area (Å²) in [4.78, 5) is 11.2. The zero-order valence-corrected chi connectivity index (χ0v) is 11.3. The Labute approximate surface area is 108 Å². The normalized spacial score (nSPS) is 23.4. The fourth-order valence-corrected chi connectivity index (χ4v) is 2.40. The van der Waals surface area contributed by atoms with Crippen LogP contribution in [0.4, 0.5) is 0 Å². The van der Waals surface area contributed by atoms with Crippen molar-refractivity contribution >= 4 is 29.2 Å². The Bertz CT molecular complexity index is 229. The van der Waals surface area contributed by atoms with Crippen molar-refractivity contribution < 1.29 is 9.53 Å². The molecule has 0 aromatic carbocycles. The predicted octanol–water partition coefficient (Wildman–Crippen LogP) is 4.23. The van der Waals surface area contributed by atoms with E-state index in [1.165, 1.54) is 32.1 Å². The van der Waals surface area contributed by atoms with E-state index < -0.39 is 10.3 Å². The van der Waals surface area contributed by atoms with Crippen molar-refractivity contribution in [2.75, 3.05) is 0 Å². The molecule has 2 nitrogen and oxygen atoms in total. The number of rotatable bonds is 7. The first-order chi connectivity index (χ1) is 7.56. The van der Waals surface area contributed by atoms with Crippen molar-refractivity contribution in [2.45, 2.75) is 68.7 Å². The molecule has 1 heterocycles. The van der Waals surface area contributed by atoms with Crippen molar-refractivity contribution in [3.63, 3.8) is 0 Å². The molecule has 0 N–H and O–H groups in total. The number of esters is 1. The van der Waals surface area contributed by atoms with Gasteiger partial charge in [0.2, 0.25) is 4.33 Å². The molecule has 1 fully saturated rings. The molecule has 0 aromatic heterocycles. The van der Waals surface area contributed by atoms with Gasteiger partial charge in [-0.3, -0.25) is 0 Å². The minimum Gasteiger partial charge on any atom is -0.460 e. The molecule has 1 rings (SSSR count). The van der Waals surface area contributed by atoms with Gasteiger partial charge in [0.05, 0.1) is 0 Å². The number of halogens is 2. The van der Waals surface area contributed by atoms with Gasteiger partial charge in [0.15, 0.2) is 0 Å². The average molecular weight is 267 g/mol. The molecule has 94 valence electrons. The number of hydrogen-bond acceptors (Lipinski definition) is 2. The molecule has 0 aliphatic carbocycles. The summed E-state index contributed by atoms with van der Waals surface area (Å²) >= 11 is 11.6. The number of carbonyl (C=O) groups is 1. The van der Waals surface area contributed by atoms with Gasteiger partial charge in [-0.2, -0.15) is 0 Å². The number of alkyl halides is 2. The number of carbonyl (C=O) groups excluding carboxylic acids is 1. The molecule has 0 amide bonds. The van der Waals surface area contributed by atoms with E-state index >= 15 is 0 Å². The SMILES string of the molecule is CCCCCCCCC1CC(Cl)(Cl)C(=O)O1. The summed E-state index contributed by atoms with van der Waals surface area (Å²) in [5.41, 5.74) is 0. The summed E-state index contributed by atoms with van der Waals surface area (Å²) in [6, 6.07) is 0. The van der Waals surface area contributed by atoms with Crippen LogP contribution < -0.4 is 0 Å². The molecule has 0 spiro atoms. The molecule has 1 saturated heterocycles. The Morgan fingerprint density at radius 1 is 1.25 bits per heavy atom. The Kier molecular flexibility index (Phi) is 5.91. The van der Waals surface area contributed by atoms with Crippen LogP contribution in [0.1, 0.15) is 58.3 Å². The molecule has 0 saturated carbocycles. The molecule has 1 aliphatic rings. The lowest BCUT2D eigenvalue weighted by Gasteiger charge is -2.08. The fourth-order valence-electron chi connectivity index (χ4n) is 1.96. The van der Waals surface area contributed by atoms with Crippen LogP contribution in [0.3, 0.4) is 0 Å². The van der Waals surface area contributed by atoms with Gasteiger partial charge in [-0.25, -0.2) is 4.79 Å². The fraction of sp³-hybridized carbons (Fsp3) is 0.917. The van der Waals surface area contributed by atoms with Crippen LogP contribution in [0.2, 0.25) is 0 Å². The minimum absolute atomic E-state index is 0.0753. The zero-order chi connectivity index (χ0) is 12.0. The molecule has 16 heavy (non-hydrogen) atoms.